The summed E-state index contributed by atoms with van der Waals surface area (Å²) < 4.78 is 6.68. The monoisotopic (exact) mass is 719 g/mol. The lowest BCUT2D eigenvalue weighted by Gasteiger charge is -2.30. The average Bonchev–Trinajstić information content (AvgIpc) is 3.06. The van der Waals surface area contributed by atoms with Gasteiger partial charge in [0.15, 0.2) is 17.9 Å². The second kappa shape index (κ2) is 25.1. The molecule has 0 radical (unpaired) electrons. The summed E-state index contributed by atoms with van der Waals surface area (Å²) in [4.78, 5) is 49.2. The molecule has 4 atom stereocenters. The van der Waals surface area contributed by atoms with Crippen LogP contribution in [0.2, 0.25) is 0 Å². The van der Waals surface area contributed by atoms with E-state index in [0.29, 0.717) is 38.0 Å². The third kappa shape index (κ3) is 18.2. The van der Waals surface area contributed by atoms with Gasteiger partial charge >= 0.3 is 17.9 Å². The smallest absolute Gasteiger partial charge is 0.337 e. The predicted molar refractivity (Wildman–Crippen MR) is 196 cm³/mol. The number of allylic oxidation sites excluding steroid dienone is 5. The van der Waals surface area contributed by atoms with E-state index in [9.17, 15) is 44.8 Å². The second-order valence-electron chi connectivity index (χ2n) is 13.5. The van der Waals surface area contributed by atoms with E-state index in [1.54, 1.807) is 12.2 Å². The van der Waals surface area contributed by atoms with Crippen LogP contribution < -0.4 is 11.1 Å². The second-order valence-corrected chi connectivity index (χ2v) is 13.5. The molecule has 51 heavy (non-hydrogen) atoms. The Kier molecular flexibility index (Phi) is 22.1. The van der Waals surface area contributed by atoms with Crippen LogP contribution in [0.15, 0.2) is 47.8 Å². The van der Waals surface area contributed by atoms with Gasteiger partial charge in [-0.2, -0.15) is 0 Å². The van der Waals surface area contributed by atoms with E-state index in [1.807, 2.05) is 26.0 Å². The SMILES string of the molecule is CCCCCCC/C(CCCCCC/C=C/[C@H](C(=O)N[C@@H](CC1C=CC(OCC=C(C)C)=CC1)C(=O)O)[C@@](O)(CC(=O)O)C(=O)O)=[N+](/[O-])CCN. The number of nitrogens with zero attached hydrogens (tertiary/aromatic N) is 1. The number of carbonyl (C=O) groups is 4. The van der Waals surface area contributed by atoms with Crippen LogP contribution in [-0.2, 0) is 23.9 Å². The highest BCUT2D eigenvalue weighted by Crippen LogP contribution is 2.27. The number of carbonyl (C=O) groups excluding carboxylic acids is 1. The number of hydrogen-bond acceptors (Lipinski definition) is 8. The average molecular weight is 720 g/mol. The summed E-state index contributed by atoms with van der Waals surface area (Å²) in [7, 11) is 0. The van der Waals surface area contributed by atoms with Gasteiger partial charge < -0.3 is 41.4 Å². The summed E-state index contributed by atoms with van der Waals surface area (Å²) in [6, 6.07) is -1.43. The van der Waals surface area contributed by atoms with E-state index in [0.717, 1.165) is 73.5 Å². The minimum absolute atomic E-state index is 0.0233. The zero-order valence-electron chi connectivity index (χ0n) is 30.7. The molecule has 7 N–H and O–H groups in total. The molecule has 0 aromatic carbocycles. The maximum Gasteiger partial charge on any atom is 0.337 e. The summed E-state index contributed by atoms with van der Waals surface area (Å²) in [5.74, 6) is -7.52. The number of nitrogens with two attached hydrogens (primary N) is 1. The van der Waals surface area contributed by atoms with Gasteiger partial charge in [-0.25, -0.2) is 14.3 Å². The molecule has 0 aliphatic heterocycles. The van der Waals surface area contributed by atoms with Gasteiger partial charge in [-0.15, -0.1) is 0 Å². The van der Waals surface area contributed by atoms with Crippen LogP contribution in [0, 0.1) is 17.0 Å². The first-order valence-electron chi connectivity index (χ1n) is 18.3. The van der Waals surface area contributed by atoms with Gasteiger partial charge in [0.25, 0.3) is 0 Å². The number of unbranched alkanes of at least 4 members (excludes halogenated alkanes) is 8. The number of rotatable bonds is 28. The third-order valence-electron chi connectivity index (χ3n) is 8.81. The molecule has 0 fully saturated rings. The van der Waals surface area contributed by atoms with Crippen molar-refractivity contribution in [1.29, 1.82) is 0 Å². The van der Waals surface area contributed by atoms with Crippen LogP contribution in [-0.4, -0.2) is 86.0 Å². The molecule has 1 unspecified atom stereocenters. The molecule has 0 bridgehead atoms. The molecule has 0 aromatic heterocycles. The molecule has 288 valence electrons. The molecule has 0 aromatic rings. The van der Waals surface area contributed by atoms with Crippen molar-refractivity contribution in [2.24, 2.45) is 17.6 Å². The van der Waals surface area contributed by atoms with Crippen LogP contribution in [0.4, 0.5) is 0 Å². The Bertz CT molecular complexity index is 1270. The molecule has 1 aliphatic rings. The maximum absolute atomic E-state index is 13.4. The fraction of sp³-hybridized carbons (Fsp3) is 0.658. The largest absolute Gasteiger partial charge is 0.624 e. The van der Waals surface area contributed by atoms with Crippen LogP contribution in [0.1, 0.15) is 117 Å². The van der Waals surface area contributed by atoms with Crippen molar-refractivity contribution in [3.05, 3.63) is 53.0 Å². The van der Waals surface area contributed by atoms with E-state index in [2.05, 4.69) is 12.2 Å². The van der Waals surface area contributed by atoms with E-state index in [4.69, 9.17) is 10.5 Å². The van der Waals surface area contributed by atoms with Crippen LogP contribution in [0.5, 0.6) is 0 Å². The van der Waals surface area contributed by atoms with Gasteiger partial charge in [-0.1, -0.05) is 69.2 Å². The Morgan fingerprint density at radius 3 is 2.24 bits per heavy atom. The maximum atomic E-state index is 13.4. The topological polar surface area (TPSA) is 223 Å². The van der Waals surface area contributed by atoms with Gasteiger partial charge in [-0.05, 0) is 76.5 Å². The van der Waals surface area contributed by atoms with E-state index in [-0.39, 0.29) is 25.4 Å². The molecular formula is C38H61N3O10. The van der Waals surface area contributed by atoms with Crippen molar-refractivity contribution in [3.8, 4) is 0 Å². The summed E-state index contributed by atoms with van der Waals surface area (Å²) in [6.45, 7) is 7.01. The molecule has 1 aliphatic carbocycles. The predicted octanol–water partition coefficient (Wildman–Crippen LogP) is 5.46. The molecule has 1 amide bonds. The van der Waals surface area contributed by atoms with Crippen molar-refractivity contribution in [2.45, 2.75) is 129 Å². The van der Waals surface area contributed by atoms with Crippen LogP contribution >= 0.6 is 0 Å². The van der Waals surface area contributed by atoms with Gasteiger partial charge in [0.05, 0.1) is 18.9 Å². The first-order valence-corrected chi connectivity index (χ1v) is 18.3. The number of carboxylic acid groups (broad SMARTS) is 3. The van der Waals surface area contributed by atoms with Crippen molar-refractivity contribution in [1.82, 2.24) is 5.32 Å². The number of aliphatic carboxylic acids is 3. The molecule has 0 heterocycles. The minimum Gasteiger partial charge on any atom is -0.624 e. The number of aliphatic hydroxyl groups is 1. The molecule has 13 nitrogen and oxygen atoms in total. The van der Waals surface area contributed by atoms with E-state index in [1.165, 1.54) is 12.5 Å². The van der Waals surface area contributed by atoms with Gasteiger partial charge in [-0.3, -0.25) is 9.59 Å². The number of ether oxygens (including phenoxy) is 1. The number of carboxylic acids is 3. The highest BCUT2D eigenvalue weighted by Gasteiger charge is 2.49. The van der Waals surface area contributed by atoms with E-state index < -0.39 is 47.8 Å². The van der Waals surface area contributed by atoms with Crippen molar-refractivity contribution < 1.29 is 49.1 Å². The third-order valence-corrected chi connectivity index (χ3v) is 8.81. The summed E-state index contributed by atoms with van der Waals surface area (Å²) >= 11 is 0. The Balaban J connectivity index is 2.87. The Hall–Kier alpha value is -3.97. The molecule has 0 saturated heterocycles. The lowest BCUT2D eigenvalue weighted by molar-refractivity contribution is -0.457. The van der Waals surface area contributed by atoms with Gasteiger partial charge in [0.2, 0.25) is 5.91 Å². The van der Waals surface area contributed by atoms with Gasteiger partial charge in [0.1, 0.15) is 18.4 Å². The molecule has 1 rings (SSSR count). The van der Waals surface area contributed by atoms with Crippen molar-refractivity contribution in [3.63, 3.8) is 0 Å². The summed E-state index contributed by atoms with van der Waals surface area (Å²) in [6.07, 6.45) is 19.5. The number of nitrogens with one attached hydrogen (secondary N) is 1. The standard InChI is InChI=1S/C38H61N3O10/c1-4-5-6-9-12-15-30(41(50)24-23-39)16-13-10-7-8-11-14-17-32(38(49,37(47)48)27-34(42)43)35(44)40-33(36(45)46)26-29-18-20-31(21-19-29)51-25-22-28(2)3/h14,17-18,20-22,29,32-33,49H,4-13,15-16,19,23-27,39H2,1-3H3,(H,40,44)(H,42,43)(H,45,46)(H,47,48)/b17-14+,41-30-/t29?,32-,33+,38+/m1/s1. The number of amides is 1. The molecule has 0 saturated carbocycles. The van der Waals surface area contributed by atoms with Crippen molar-refractivity contribution >= 4 is 29.5 Å². The Morgan fingerprint density at radius 2 is 1.71 bits per heavy atom. The highest BCUT2D eigenvalue weighted by molar-refractivity contribution is 5.94. The summed E-state index contributed by atoms with van der Waals surface area (Å²) in [5, 5.41) is 54.9. The van der Waals surface area contributed by atoms with Crippen molar-refractivity contribution in [2.75, 3.05) is 19.7 Å². The first kappa shape index (κ1) is 45.1. The first-order chi connectivity index (χ1) is 24.2. The fourth-order valence-electron chi connectivity index (χ4n) is 5.79. The summed E-state index contributed by atoms with van der Waals surface area (Å²) in [5.41, 5.74) is 4.54. The van der Waals surface area contributed by atoms with Crippen LogP contribution in [0.3, 0.4) is 0 Å². The molecule has 0 spiro atoms. The highest BCUT2D eigenvalue weighted by atomic mass is 16.5. The lowest BCUT2D eigenvalue weighted by Crippen LogP contribution is -2.55. The normalized spacial score (nSPS) is 17.1. The number of hydrogen-bond donors (Lipinski definition) is 6. The fourth-order valence-corrected chi connectivity index (χ4v) is 5.79. The minimum atomic E-state index is -3.02. The zero-order valence-corrected chi connectivity index (χ0v) is 30.7. The van der Waals surface area contributed by atoms with E-state index >= 15 is 0 Å². The zero-order chi connectivity index (χ0) is 38.2. The van der Waals surface area contributed by atoms with Gasteiger partial charge in [0, 0.05) is 12.8 Å². The number of hydroxylamine groups is 1. The quantitative estimate of drug-likeness (QED) is 0.0149. The molecule has 13 heteroatoms. The van der Waals surface area contributed by atoms with Crippen LogP contribution in [0.25, 0.3) is 0 Å². The molecular weight excluding hydrogens is 658 g/mol. The Morgan fingerprint density at radius 1 is 1.06 bits per heavy atom. The Labute approximate surface area is 302 Å². The lowest BCUT2D eigenvalue weighted by atomic mass is 9.82.